The van der Waals surface area contributed by atoms with E-state index in [-0.39, 0.29) is 18.0 Å². The molecule has 1 atom stereocenters. The predicted molar refractivity (Wildman–Crippen MR) is 115 cm³/mol. The van der Waals surface area contributed by atoms with Crippen LogP contribution >= 0.6 is 22.9 Å². The van der Waals surface area contributed by atoms with Crippen LogP contribution in [-0.2, 0) is 0 Å². The largest absolute Gasteiger partial charge is 0.492 e. The van der Waals surface area contributed by atoms with Gasteiger partial charge in [0.15, 0.2) is 0 Å². The van der Waals surface area contributed by atoms with E-state index in [1.54, 1.807) is 36.8 Å². The lowest BCUT2D eigenvalue weighted by atomic mass is 10.0. The van der Waals surface area contributed by atoms with Crippen molar-refractivity contribution >= 4 is 40.7 Å². The van der Waals surface area contributed by atoms with Gasteiger partial charge in [0.2, 0.25) is 0 Å². The second-order valence-electron chi connectivity index (χ2n) is 6.50. The molecule has 3 heterocycles. The van der Waals surface area contributed by atoms with E-state index in [1.807, 2.05) is 12.1 Å². The molecule has 0 fully saturated rings. The predicted octanol–water partition coefficient (Wildman–Crippen LogP) is 3.86. The van der Waals surface area contributed by atoms with Crippen molar-refractivity contribution in [1.29, 1.82) is 0 Å². The van der Waals surface area contributed by atoms with E-state index in [0.29, 0.717) is 40.3 Å². The zero-order chi connectivity index (χ0) is 21.1. The minimum atomic E-state index is -0.363. The Morgan fingerprint density at radius 1 is 1.27 bits per heavy atom. The molecule has 8 nitrogen and oxygen atoms in total. The number of aromatic nitrogens is 2. The van der Waals surface area contributed by atoms with Gasteiger partial charge in [-0.2, -0.15) is 0 Å². The molecule has 1 aliphatic rings. The highest BCUT2D eigenvalue weighted by Gasteiger charge is 2.25. The van der Waals surface area contributed by atoms with Gasteiger partial charge in [-0.3, -0.25) is 15.1 Å². The number of anilines is 1. The average Bonchev–Trinajstić information content (AvgIpc) is 3.22. The normalized spacial score (nSPS) is 14.9. The van der Waals surface area contributed by atoms with Crippen LogP contribution in [0.3, 0.4) is 0 Å². The van der Waals surface area contributed by atoms with Crippen LogP contribution in [0.2, 0.25) is 5.02 Å². The van der Waals surface area contributed by atoms with Gasteiger partial charge in [-0.1, -0.05) is 23.7 Å². The SMILES string of the molecule is CNC(=O)c1ccc(-c2nc(NC(=O)N[C@H]3CCOc4c(Cl)cccc43)cs2)cn1. The fourth-order valence-electron chi connectivity index (χ4n) is 3.09. The first-order chi connectivity index (χ1) is 14.5. The average molecular weight is 444 g/mol. The molecule has 3 amide bonds. The summed E-state index contributed by atoms with van der Waals surface area (Å²) in [4.78, 5) is 32.6. The van der Waals surface area contributed by atoms with Gasteiger partial charge < -0.3 is 15.4 Å². The first kappa shape index (κ1) is 20.1. The topological polar surface area (TPSA) is 105 Å². The molecule has 0 saturated carbocycles. The Labute approximate surface area is 181 Å². The van der Waals surface area contributed by atoms with Gasteiger partial charge in [0.25, 0.3) is 5.91 Å². The Morgan fingerprint density at radius 2 is 2.13 bits per heavy atom. The van der Waals surface area contributed by atoms with Crippen LogP contribution in [0.5, 0.6) is 5.75 Å². The molecule has 3 N–H and O–H groups in total. The molecule has 2 aromatic heterocycles. The third kappa shape index (κ3) is 4.22. The van der Waals surface area contributed by atoms with Gasteiger partial charge in [0.1, 0.15) is 22.3 Å². The highest BCUT2D eigenvalue weighted by atomic mass is 35.5. The number of halogens is 1. The number of pyridine rings is 1. The van der Waals surface area contributed by atoms with Gasteiger partial charge in [0, 0.05) is 36.2 Å². The van der Waals surface area contributed by atoms with Crippen molar-refractivity contribution in [3.05, 3.63) is 58.2 Å². The Morgan fingerprint density at radius 3 is 2.90 bits per heavy atom. The first-order valence-electron chi connectivity index (χ1n) is 9.18. The van der Waals surface area contributed by atoms with E-state index in [0.717, 1.165) is 11.1 Å². The number of carbonyl (C=O) groups is 2. The van der Waals surface area contributed by atoms with Crippen molar-refractivity contribution in [1.82, 2.24) is 20.6 Å². The van der Waals surface area contributed by atoms with Crippen LogP contribution in [0.4, 0.5) is 10.6 Å². The van der Waals surface area contributed by atoms with Crippen molar-refractivity contribution in [3.63, 3.8) is 0 Å². The Bertz CT molecular complexity index is 1090. The van der Waals surface area contributed by atoms with Crippen LogP contribution in [0.25, 0.3) is 10.6 Å². The maximum atomic E-state index is 12.5. The molecule has 0 unspecified atom stereocenters. The van der Waals surface area contributed by atoms with E-state index in [4.69, 9.17) is 16.3 Å². The lowest BCUT2D eigenvalue weighted by Crippen LogP contribution is -2.35. The number of ether oxygens (including phenoxy) is 1. The van der Waals surface area contributed by atoms with E-state index in [1.165, 1.54) is 11.3 Å². The molecule has 0 spiro atoms. The summed E-state index contributed by atoms with van der Waals surface area (Å²) >= 11 is 7.55. The first-order valence-corrected chi connectivity index (χ1v) is 10.4. The monoisotopic (exact) mass is 443 g/mol. The summed E-state index contributed by atoms with van der Waals surface area (Å²) in [6.45, 7) is 0.474. The van der Waals surface area contributed by atoms with Crippen LogP contribution in [0, 0.1) is 0 Å². The minimum absolute atomic E-state index is 0.202. The number of nitrogens with one attached hydrogen (secondary N) is 3. The Balaban J connectivity index is 1.42. The number of nitrogens with zero attached hydrogens (tertiary/aromatic N) is 2. The van der Waals surface area contributed by atoms with Crippen molar-refractivity contribution in [2.75, 3.05) is 19.0 Å². The minimum Gasteiger partial charge on any atom is -0.492 e. The standard InChI is InChI=1S/C20H18ClN5O3S/c1-22-18(27)15-6-5-11(9-23-15)19-25-16(10-30-19)26-20(28)24-14-7-8-29-17-12(14)3-2-4-13(17)21/h2-6,9-10,14H,7-8H2,1H3,(H,22,27)(H2,24,26,28)/t14-/m0/s1. The highest BCUT2D eigenvalue weighted by molar-refractivity contribution is 7.13. The molecular formula is C20H18ClN5O3S. The zero-order valence-electron chi connectivity index (χ0n) is 15.9. The van der Waals surface area contributed by atoms with Crippen molar-refractivity contribution in [2.45, 2.75) is 12.5 Å². The molecule has 1 aromatic carbocycles. The van der Waals surface area contributed by atoms with Crippen LogP contribution in [-0.4, -0.2) is 35.6 Å². The molecule has 0 radical (unpaired) electrons. The summed E-state index contributed by atoms with van der Waals surface area (Å²) in [6.07, 6.45) is 2.22. The fraction of sp³-hybridized carbons (Fsp3) is 0.200. The summed E-state index contributed by atoms with van der Waals surface area (Å²) in [5.74, 6) is 0.788. The van der Waals surface area contributed by atoms with Gasteiger partial charge >= 0.3 is 6.03 Å². The number of urea groups is 1. The molecule has 154 valence electrons. The summed E-state index contributed by atoms with van der Waals surface area (Å²) in [5, 5.41) is 11.2. The second kappa shape index (κ2) is 8.68. The number of amides is 3. The van der Waals surface area contributed by atoms with Crippen molar-refractivity contribution in [2.24, 2.45) is 0 Å². The molecule has 0 saturated heterocycles. The third-order valence-electron chi connectivity index (χ3n) is 4.55. The Hall–Kier alpha value is -3.17. The quantitative estimate of drug-likeness (QED) is 0.567. The van der Waals surface area contributed by atoms with Crippen molar-refractivity contribution in [3.8, 4) is 16.3 Å². The van der Waals surface area contributed by atoms with E-state index in [2.05, 4.69) is 25.9 Å². The van der Waals surface area contributed by atoms with Gasteiger partial charge in [0.05, 0.1) is 17.7 Å². The molecular weight excluding hydrogens is 426 g/mol. The van der Waals surface area contributed by atoms with Gasteiger partial charge in [-0.05, 0) is 18.2 Å². The smallest absolute Gasteiger partial charge is 0.320 e. The fourth-order valence-corrected chi connectivity index (χ4v) is 4.07. The van der Waals surface area contributed by atoms with E-state index in [9.17, 15) is 9.59 Å². The summed E-state index contributed by atoms with van der Waals surface area (Å²) in [6, 6.07) is 8.31. The van der Waals surface area contributed by atoms with Crippen LogP contribution < -0.4 is 20.7 Å². The van der Waals surface area contributed by atoms with Gasteiger partial charge in [-0.15, -0.1) is 11.3 Å². The molecule has 1 aliphatic heterocycles. The highest BCUT2D eigenvalue weighted by Crippen LogP contribution is 2.37. The number of hydrogen-bond acceptors (Lipinski definition) is 6. The Kier molecular flexibility index (Phi) is 5.82. The number of fused-ring (bicyclic) bond motifs is 1. The summed E-state index contributed by atoms with van der Waals surface area (Å²) < 4.78 is 5.62. The van der Waals surface area contributed by atoms with E-state index >= 15 is 0 Å². The maximum absolute atomic E-state index is 12.5. The maximum Gasteiger partial charge on any atom is 0.320 e. The molecule has 3 aromatic rings. The lowest BCUT2D eigenvalue weighted by molar-refractivity contribution is 0.0958. The molecule has 0 aliphatic carbocycles. The number of benzene rings is 1. The van der Waals surface area contributed by atoms with E-state index < -0.39 is 0 Å². The molecule has 10 heteroatoms. The van der Waals surface area contributed by atoms with Crippen LogP contribution in [0.15, 0.2) is 41.9 Å². The lowest BCUT2D eigenvalue weighted by Gasteiger charge is -2.27. The number of thiazole rings is 1. The zero-order valence-corrected chi connectivity index (χ0v) is 17.5. The molecule has 30 heavy (non-hydrogen) atoms. The molecule has 0 bridgehead atoms. The second-order valence-corrected chi connectivity index (χ2v) is 7.76. The van der Waals surface area contributed by atoms with Crippen molar-refractivity contribution < 1.29 is 14.3 Å². The number of carbonyl (C=O) groups excluding carboxylic acids is 2. The number of hydrogen-bond donors (Lipinski definition) is 3. The summed E-state index contributed by atoms with van der Waals surface area (Å²) in [7, 11) is 1.55. The third-order valence-corrected chi connectivity index (χ3v) is 5.74. The molecule has 4 rings (SSSR count). The van der Waals surface area contributed by atoms with Crippen LogP contribution in [0.1, 0.15) is 28.5 Å². The number of para-hydroxylation sites is 1. The summed E-state index contributed by atoms with van der Waals surface area (Å²) in [5.41, 5.74) is 1.94. The number of rotatable bonds is 4. The van der Waals surface area contributed by atoms with Gasteiger partial charge in [-0.25, -0.2) is 9.78 Å².